The zero-order valence-electron chi connectivity index (χ0n) is 10.5. The Kier molecular flexibility index (Phi) is 7.09. The molecule has 1 aliphatic rings. The van der Waals surface area contributed by atoms with E-state index in [2.05, 4.69) is 9.10 Å². The second-order valence-electron chi connectivity index (χ2n) is 4.23. The van der Waals surface area contributed by atoms with Gasteiger partial charge in [-0.25, -0.2) is 4.79 Å². The van der Waals surface area contributed by atoms with Crippen molar-refractivity contribution >= 4 is 22.4 Å². The average Bonchev–Trinajstić information content (AvgIpc) is 2.37. The van der Waals surface area contributed by atoms with E-state index in [-0.39, 0.29) is 19.1 Å². The normalized spacial score (nSPS) is 15.6. The summed E-state index contributed by atoms with van der Waals surface area (Å²) < 4.78 is 33.0. The van der Waals surface area contributed by atoms with Crippen LogP contribution < -0.4 is 0 Å². The highest BCUT2D eigenvalue weighted by atomic mass is 32.2. The molecule has 0 unspecified atom stereocenters. The van der Waals surface area contributed by atoms with Crippen LogP contribution in [0.3, 0.4) is 0 Å². The number of esters is 2. The van der Waals surface area contributed by atoms with Gasteiger partial charge in [0.25, 0.3) is 0 Å². The lowest BCUT2D eigenvalue weighted by Crippen LogP contribution is -2.24. The van der Waals surface area contributed by atoms with Gasteiger partial charge in [-0.3, -0.25) is 4.79 Å². The van der Waals surface area contributed by atoms with E-state index in [1.807, 2.05) is 0 Å². The zero-order valence-corrected chi connectivity index (χ0v) is 11.4. The molecule has 0 spiro atoms. The number of nitrogens with zero attached hydrogens (tertiary/aromatic N) is 1. The van der Waals surface area contributed by atoms with Crippen molar-refractivity contribution in [2.75, 3.05) is 13.2 Å². The van der Waals surface area contributed by atoms with Crippen molar-refractivity contribution in [2.45, 2.75) is 44.6 Å². The molecule has 0 saturated heterocycles. The molecule has 0 aromatic rings. The summed E-state index contributed by atoms with van der Waals surface area (Å²) >= 11 is 0. The smallest absolute Gasteiger partial charge is 0.344 e. The monoisotopic (exact) mass is 291 g/mol. The van der Waals surface area contributed by atoms with Crippen molar-refractivity contribution in [3.63, 3.8) is 0 Å². The van der Waals surface area contributed by atoms with E-state index < -0.39 is 29.0 Å². The Bertz CT molecular complexity index is 430. The van der Waals surface area contributed by atoms with E-state index >= 15 is 0 Å². The number of ether oxygens (including phenoxy) is 2. The van der Waals surface area contributed by atoms with Gasteiger partial charge in [0.05, 0.1) is 13.0 Å². The van der Waals surface area contributed by atoms with Gasteiger partial charge >= 0.3 is 22.4 Å². The van der Waals surface area contributed by atoms with Crippen LogP contribution in [0.1, 0.15) is 38.5 Å². The fourth-order valence-corrected chi connectivity index (χ4v) is 2.07. The quantitative estimate of drug-likeness (QED) is 0.673. The first-order chi connectivity index (χ1) is 9.08. The van der Waals surface area contributed by atoms with Crippen molar-refractivity contribution < 1.29 is 27.5 Å². The van der Waals surface area contributed by atoms with E-state index in [4.69, 9.17) is 4.74 Å². The molecule has 0 aromatic carbocycles. The summed E-state index contributed by atoms with van der Waals surface area (Å²) in [6.45, 7) is -0.609. The highest BCUT2D eigenvalue weighted by molar-refractivity contribution is 7.61. The predicted octanol–water partition coefficient (Wildman–Crippen LogP) is 0.858. The molecule has 0 atom stereocenters. The van der Waals surface area contributed by atoms with Crippen molar-refractivity contribution in [2.24, 2.45) is 4.36 Å². The molecule has 1 aliphatic carbocycles. The molecule has 0 radical (unpaired) electrons. The van der Waals surface area contributed by atoms with Gasteiger partial charge in [-0.2, -0.15) is 12.8 Å². The fourth-order valence-electron chi connectivity index (χ4n) is 1.83. The van der Waals surface area contributed by atoms with E-state index in [0.717, 1.165) is 32.1 Å². The first-order valence-electron chi connectivity index (χ1n) is 6.20. The van der Waals surface area contributed by atoms with Gasteiger partial charge in [-0.05, 0) is 25.7 Å². The maximum Gasteiger partial charge on any atom is 0.344 e. The Balaban J connectivity index is 2.14. The minimum atomic E-state index is -2.52. The molecule has 0 aromatic heterocycles. The van der Waals surface area contributed by atoms with E-state index in [9.17, 15) is 18.0 Å². The van der Waals surface area contributed by atoms with E-state index in [1.54, 1.807) is 0 Å². The first-order valence-corrected chi connectivity index (χ1v) is 7.23. The molecule has 0 heterocycles. The third-order valence-corrected chi connectivity index (χ3v) is 3.11. The van der Waals surface area contributed by atoms with Gasteiger partial charge in [-0.15, -0.1) is 0 Å². The molecule has 8 heteroatoms. The number of hydrogen-bond donors (Lipinski definition) is 0. The van der Waals surface area contributed by atoms with Crippen LogP contribution in [0, 0.1) is 0 Å². The molecule has 1 rings (SSSR count). The average molecular weight is 291 g/mol. The second kappa shape index (κ2) is 8.63. The van der Waals surface area contributed by atoms with Crippen molar-refractivity contribution in [1.82, 2.24) is 0 Å². The van der Waals surface area contributed by atoms with Crippen LogP contribution in [0.5, 0.6) is 0 Å². The van der Waals surface area contributed by atoms with Crippen molar-refractivity contribution in [1.29, 1.82) is 0 Å². The summed E-state index contributed by atoms with van der Waals surface area (Å²) in [5.41, 5.74) is 0. The van der Waals surface area contributed by atoms with Crippen LogP contribution in [-0.2, 0) is 29.6 Å². The summed E-state index contributed by atoms with van der Waals surface area (Å²) in [7, 11) is -2.52. The fraction of sp³-hybridized carbons (Fsp3) is 0.818. The molecule has 19 heavy (non-hydrogen) atoms. The van der Waals surface area contributed by atoms with Crippen LogP contribution in [0.4, 0.5) is 0 Å². The Hall–Kier alpha value is -1.44. The largest absolute Gasteiger partial charge is 0.460 e. The van der Waals surface area contributed by atoms with Crippen LogP contribution in [0.2, 0.25) is 0 Å². The lowest BCUT2D eigenvalue weighted by molar-refractivity contribution is -0.163. The minimum absolute atomic E-state index is 0.0714. The summed E-state index contributed by atoms with van der Waals surface area (Å²) in [5.74, 6) is -1.24. The van der Waals surface area contributed by atoms with Gasteiger partial charge in [0.1, 0.15) is 6.10 Å². The Morgan fingerprint density at radius 3 is 2.42 bits per heavy atom. The first kappa shape index (κ1) is 15.6. The zero-order chi connectivity index (χ0) is 14.1. The molecule has 0 amide bonds. The number of hydrogen-bond acceptors (Lipinski definition) is 7. The molecule has 1 saturated carbocycles. The maximum absolute atomic E-state index is 11.4. The summed E-state index contributed by atoms with van der Waals surface area (Å²) in [4.78, 5) is 22.5. The van der Waals surface area contributed by atoms with Crippen LogP contribution >= 0.6 is 0 Å². The van der Waals surface area contributed by atoms with Crippen molar-refractivity contribution in [3.05, 3.63) is 0 Å². The van der Waals surface area contributed by atoms with E-state index in [1.165, 1.54) is 0 Å². The summed E-state index contributed by atoms with van der Waals surface area (Å²) in [5, 5.41) is 0. The molecule has 0 aliphatic heterocycles. The van der Waals surface area contributed by atoms with E-state index in [0.29, 0.717) is 0 Å². The molecule has 0 N–H and O–H groups in total. The third-order valence-electron chi connectivity index (χ3n) is 2.71. The molecule has 1 fully saturated rings. The minimum Gasteiger partial charge on any atom is -0.460 e. The molecule has 0 bridgehead atoms. The van der Waals surface area contributed by atoms with Crippen molar-refractivity contribution in [3.8, 4) is 0 Å². The molecule has 7 nitrogen and oxygen atoms in total. The van der Waals surface area contributed by atoms with Crippen LogP contribution in [0.15, 0.2) is 4.36 Å². The third kappa shape index (κ3) is 7.55. The van der Waals surface area contributed by atoms with Crippen LogP contribution in [0.25, 0.3) is 0 Å². The summed E-state index contributed by atoms with van der Waals surface area (Å²) in [6.07, 6.45) is 4.72. The standard InChI is InChI=1S/C11H17NO6S/c13-10(6-7-12-19(15)16)17-8-11(14)18-9-4-2-1-3-5-9/h9H,1-8H2. The van der Waals surface area contributed by atoms with Gasteiger partial charge in [0, 0.05) is 0 Å². The number of carbonyl (C=O) groups excluding carboxylic acids is 2. The molecule has 108 valence electrons. The van der Waals surface area contributed by atoms with Gasteiger partial charge in [0.15, 0.2) is 6.61 Å². The molecular weight excluding hydrogens is 274 g/mol. The van der Waals surface area contributed by atoms with Gasteiger partial charge in [0.2, 0.25) is 0 Å². The Morgan fingerprint density at radius 2 is 1.79 bits per heavy atom. The topological polar surface area (TPSA) is 99.1 Å². The Labute approximate surface area is 113 Å². The Morgan fingerprint density at radius 1 is 1.11 bits per heavy atom. The number of rotatable bonds is 6. The second-order valence-corrected chi connectivity index (χ2v) is 4.92. The number of carbonyl (C=O) groups is 2. The lowest BCUT2D eigenvalue weighted by Gasteiger charge is -2.21. The van der Waals surface area contributed by atoms with Gasteiger partial charge < -0.3 is 9.47 Å². The molecular formula is C11H17NO6S. The highest BCUT2D eigenvalue weighted by Crippen LogP contribution is 2.20. The van der Waals surface area contributed by atoms with Crippen LogP contribution in [-0.4, -0.2) is 39.6 Å². The maximum atomic E-state index is 11.4. The SMILES string of the molecule is O=C(CCN=S(=O)=O)OCC(=O)OC1CCCCC1. The lowest BCUT2D eigenvalue weighted by atomic mass is 9.98. The summed E-state index contributed by atoms with van der Waals surface area (Å²) in [6, 6.07) is 0. The van der Waals surface area contributed by atoms with Gasteiger partial charge in [-0.1, -0.05) is 6.42 Å². The predicted molar refractivity (Wildman–Crippen MR) is 64.8 cm³/mol. The highest BCUT2D eigenvalue weighted by Gasteiger charge is 2.18.